The van der Waals surface area contributed by atoms with Crippen LogP contribution in [0.15, 0.2) is 36.8 Å². The van der Waals surface area contributed by atoms with Crippen LogP contribution in [0.3, 0.4) is 0 Å². The zero-order chi connectivity index (χ0) is 29.7. The van der Waals surface area contributed by atoms with Crippen molar-refractivity contribution in [2.75, 3.05) is 10.6 Å². The number of ether oxygens (including phenoxy) is 1. The minimum absolute atomic E-state index is 0.0177. The number of aryl methyl sites for hydroxylation is 1. The molecule has 3 heterocycles. The monoisotopic (exact) mass is 576 g/mol. The maximum absolute atomic E-state index is 12.5. The fraction of sp³-hybridized carbons (Fsp3) is 0.531. The van der Waals surface area contributed by atoms with E-state index in [1.807, 2.05) is 35.7 Å². The summed E-state index contributed by atoms with van der Waals surface area (Å²) in [5.41, 5.74) is 8.96. The Labute approximate surface area is 247 Å². The van der Waals surface area contributed by atoms with Crippen LogP contribution in [0.4, 0.5) is 16.3 Å². The van der Waals surface area contributed by atoms with E-state index in [0.29, 0.717) is 30.0 Å². The number of pyridine rings is 2. The molecule has 3 amide bonds. The molecule has 0 radical (unpaired) electrons. The summed E-state index contributed by atoms with van der Waals surface area (Å²) in [5.74, 6) is 0.255. The third-order valence-electron chi connectivity index (χ3n) is 7.78. The molecule has 1 aliphatic carbocycles. The van der Waals surface area contributed by atoms with Crippen molar-refractivity contribution in [3.05, 3.63) is 42.5 Å². The lowest BCUT2D eigenvalue weighted by Crippen LogP contribution is -2.24. The Balaban J connectivity index is 1.23. The van der Waals surface area contributed by atoms with E-state index in [0.717, 1.165) is 93.8 Å². The number of primary amides is 1. The van der Waals surface area contributed by atoms with Gasteiger partial charge in [-0.3, -0.25) is 19.9 Å². The molecule has 0 bridgehead atoms. The van der Waals surface area contributed by atoms with Crippen molar-refractivity contribution in [3.8, 4) is 11.1 Å². The predicted octanol–water partition coefficient (Wildman–Crippen LogP) is 6.91. The summed E-state index contributed by atoms with van der Waals surface area (Å²) in [4.78, 5) is 44.7. The molecular weight excluding hydrogens is 532 g/mol. The first kappa shape index (κ1) is 31.0. The Morgan fingerprint density at radius 3 is 2.31 bits per heavy atom. The van der Waals surface area contributed by atoms with Gasteiger partial charge in [-0.05, 0) is 63.6 Å². The zero-order valence-corrected chi connectivity index (χ0v) is 24.7. The first-order valence-electron chi connectivity index (χ1n) is 15.4. The van der Waals surface area contributed by atoms with Crippen molar-refractivity contribution < 1.29 is 19.1 Å². The van der Waals surface area contributed by atoms with Crippen LogP contribution in [-0.4, -0.2) is 38.4 Å². The highest BCUT2D eigenvalue weighted by molar-refractivity contribution is 5.90. The Morgan fingerprint density at radius 1 is 0.905 bits per heavy atom. The number of rotatable bonds is 15. The van der Waals surface area contributed by atoms with Crippen LogP contribution in [-0.2, 0) is 14.3 Å². The van der Waals surface area contributed by atoms with E-state index < -0.39 is 6.09 Å². The molecule has 0 atom stereocenters. The number of hydrogen-bond acceptors (Lipinski definition) is 6. The van der Waals surface area contributed by atoms with Crippen LogP contribution < -0.4 is 16.4 Å². The van der Waals surface area contributed by atoms with E-state index in [2.05, 4.69) is 20.6 Å². The van der Waals surface area contributed by atoms with Crippen molar-refractivity contribution in [2.45, 2.75) is 109 Å². The molecule has 10 heteroatoms. The normalized spacial score (nSPS) is 13.6. The lowest BCUT2D eigenvalue weighted by molar-refractivity contribution is -0.118. The molecule has 1 saturated carbocycles. The maximum atomic E-state index is 12.5. The summed E-state index contributed by atoms with van der Waals surface area (Å²) in [6.07, 6.45) is 19.5. The average molecular weight is 577 g/mol. The zero-order valence-electron chi connectivity index (χ0n) is 24.7. The second kappa shape index (κ2) is 15.9. The van der Waals surface area contributed by atoms with Gasteiger partial charge in [0.15, 0.2) is 5.82 Å². The number of amides is 3. The van der Waals surface area contributed by atoms with Crippen LogP contribution in [0.2, 0.25) is 0 Å². The van der Waals surface area contributed by atoms with Gasteiger partial charge in [0.25, 0.3) is 0 Å². The number of imidazole rings is 1. The fourth-order valence-electron chi connectivity index (χ4n) is 5.36. The average Bonchev–Trinajstić information content (AvgIpc) is 3.37. The van der Waals surface area contributed by atoms with Gasteiger partial charge in [0, 0.05) is 36.4 Å². The van der Waals surface area contributed by atoms with E-state index in [-0.39, 0.29) is 17.9 Å². The summed E-state index contributed by atoms with van der Waals surface area (Å²) >= 11 is 0. The molecule has 226 valence electrons. The highest BCUT2D eigenvalue weighted by atomic mass is 16.6. The van der Waals surface area contributed by atoms with Crippen LogP contribution in [0.1, 0.15) is 102 Å². The standard InChI is InChI=1S/C32H44N6O4/c1-23-27(35-32(41)42-26-13-9-8-10-14-26)19-25(20-34-23)24-17-18-30-36-29(22-38(30)21-24)37-31(40)16-12-7-5-3-2-4-6-11-15-28(33)39/h17-22,26H,2-16H2,1H3,(H2,33,39)(H,35,41)(H,37,40). The Hall–Kier alpha value is -3.95. The van der Waals surface area contributed by atoms with Crippen molar-refractivity contribution in [1.82, 2.24) is 14.4 Å². The van der Waals surface area contributed by atoms with Gasteiger partial charge in [0.05, 0.1) is 17.6 Å². The first-order chi connectivity index (χ1) is 20.4. The fourth-order valence-corrected chi connectivity index (χ4v) is 5.36. The molecule has 3 aromatic rings. The van der Waals surface area contributed by atoms with Gasteiger partial charge in [0.2, 0.25) is 11.8 Å². The molecule has 4 N–H and O–H groups in total. The predicted molar refractivity (Wildman–Crippen MR) is 164 cm³/mol. The third kappa shape index (κ3) is 9.85. The molecule has 0 aliphatic heterocycles. The highest BCUT2D eigenvalue weighted by Crippen LogP contribution is 2.26. The van der Waals surface area contributed by atoms with Crippen molar-refractivity contribution in [3.63, 3.8) is 0 Å². The molecule has 0 aromatic carbocycles. The minimum atomic E-state index is -0.442. The Kier molecular flexibility index (Phi) is 11.7. The number of carbonyl (C=O) groups excluding carboxylic acids is 3. The number of nitrogens with two attached hydrogens (primary N) is 1. The van der Waals surface area contributed by atoms with Gasteiger partial charge in [0.1, 0.15) is 11.8 Å². The van der Waals surface area contributed by atoms with E-state index in [1.54, 1.807) is 12.4 Å². The van der Waals surface area contributed by atoms with Crippen LogP contribution >= 0.6 is 0 Å². The van der Waals surface area contributed by atoms with Gasteiger partial charge < -0.3 is 20.2 Å². The van der Waals surface area contributed by atoms with Gasteiger partial charge in [-0.25, -0.2) is 9.78 Å². The van der Waals surface area contributed by atoms with Crippen molar-refractivity contribution in [2.24, 2.45) is 5.73 Å². The molecular formula is C32H44N6O4. The second-order valence-corrected chi connectivity index (χ2v) is 11.3. The number of carbonyl (C=O) groups is 3. The smallest absolute Gasteiger partial charge is 0.411 e. The lowest BCUT2D eigenvalue weighted by atomic mass is 9.98. The summed E-state index contributed by atoms with van der Waals surface area (Å²) in [7, 11) is 0. The lowest BCUT2D eigenvalue weighted by Gasteiger charge is -2.22. The van der Waals surface area contributed by atoms with Crippen LogP contribution in [0.5, 0.6) is 0 Å². The van der Waals surface area contributed by atoms with Gasteiger partial charge in [-0.1, -0.05) is 44.9 Å². The quantitative estimate of drug-likeness (QED) is 0.168. The van der Waals surface area contributed by atoms with Gasteiger partial charge in [-0.2, -0.15) is 0 Å². The second-order valence-electron chi connectivity index (χ2n) is 11.3. The number of unbranched alkanes of at least 4 members (excludes halogenated alkanes) is 7. The largest absolute Gasteiger partial charge is 0.446 e. The van der Waals surface area contributed by atoms with Crippen LogP contribution in [0.25, 0.3) is 16.8 Å². The van der Waals surface area contributed by atoms with E-state index in [1.165, 1.54) is 6.42 Å². The molecule has 1 aliphatic rings. The molecule has 10 nitrogen and oxygen atoms in total. The van der Waals surface area contributed by atoms with Gasteiger partial charge >= 0.3 is 6.09 Å². The third-order valence-corrected chi connectivity index (χ3v) is 7.78. The first-order valence-corrected chi connectivity index (χ1v) is 15.4. The number of aromatic nitrogens is 3. The van der Waals surface area contributed by atoms with Crippen molar-refractivity contribution in [1.29, 1.82) is 0 Å². The Bertz CT molecular complexity index is 1350. The summed E-state index contributed by atoms with van der Waals surface area (Å²) in [6, 6.07) is 5.74. The highest BCUT2D eigenvalue weighted by Gasteiger charge is 2.18. The topological polar surface area (TPSA) is 141 Å². The van der Waals surface area contributed by atoms with E-state index in [9.17, 15) is 14.4 Å². The summed E-state index contributed by atoms with van der Waals surface area (Å²) < 4.78 is 7.49. The van der Waals surface area contributed by atoms with E-state index >= 15 is 0 Å². The maximum Gasteiger partial charge on any atom is 0.411 e. The SMILES string of the molecule is Cc1ncc(-c2ccc3nc(NC(=O)CCCCCCCCCCC(N)=O)cn3c2)cc1NC(=O)OC1CCCCC1. The summed E-state index contributed by atoms with van der Waals surface area (Å²) in [5, 5.41) is 5.78. The molecule has 0 saturated heterocycles. The molecule has 4 rings (SSSR count). The minimum Gasteiger partial charge on any atom is -0.446 e. The number of hydrogen-bond donors (Lipinski definition) is 3. The molecule has 0 unspecified atom stereocenters. The Morgan fingerprint density at radius 2 is 1.60 bits per heavy atom. The van der Waals surface area contributed by atoms with Crippen LogP contribution in [0, 0.1) is 6.92 Å². The number of nitrogens with zero attached hydrogens (tertiary/aromatic N) is 3. The van der Waals surface area contributed by atoms with Gasteiger partial charge in [-0.15, -0.1) is 0 Å². The number of anilines is 2. The van der Waals surface area contributed by atoms with Crippen molar-refractivity contribution >= 4 is 35.1 Å². The molecule has 1 fully saturated rings. The number of nitrogens with one attached hydrogen (secondary N) is 2. The number of fused-ring (bicyclic) bond motifs is 1. The molecule has 42 heavy (non-hydrogen) atoms. The molecule has 0 spiro atoms. The van der Waals surface area contributed by atoms with E-state index in [4.69, 9.17) is 10.5 Å². The summed E-state index contributed by atoms with van der Waals surface area (Å²) in [6.45, 7) is 1.85. The molecule has 3 aromatic heterocycles.